The third-order valence-corrected chi connectivity index (χ3v) is 4.58. The van der Waals surface area contributed by atoms with Crippen LogP contribution in [0.3, 0.4) is 0 Å². The highest BCUT2D eigenvalue weighted by atomic mass is 35.5. The van der Waals surface area contributed by atoms with E-state index in [1.54, 1.807) is 11.6 Å². The lowest BCUT2D eigenvalue weighted by Gasteiger charge is -2.15. The predicted octanol–water partition coefficient (Wildman–Crippen LogP) is -1.36. The van der Waals surface area contributed by atoms with Gasteiger partial charge < -0.3 is 24.7 Å². The van der Waals surface area contributed by atoms with E-state index in [4.69, 9.17) is 26.1 Å². The second-order valence-electron chi connectivity index (χ2n) is 5.30. The quantitative estimate of drug-likeness (QED) is 0.286. The van der Waals surface area contributed by atoms with Gasteiger partial charge in [-0.1, -0.05) is 0 Å². The molecular weight excluding hydrogens is 367 g/mol. The van der Waals surface area contributed by atoms with Crippen LogP contribution >= 0.6 is 19.4 Å². The van der Waals surface area contributed by atoms with Gasteiger partial charge in [-0.05, 0) is 16.6 Å². The van der Waals surface area contributed by atoms with Crippen LogP contribution in [0.2, 0.25) is 5.15 Å². The summed E-state index contributed by atoms with van der Waals surface area (Å²) in [7, 11) is -3.03. The minimum Gasteiger partial charge on any atom is -0.387 e. The molecule has 4 N–H and O–H groups in total. The molecule has 0 amide bonds. The molecule has 0 radical (unpaired) electrons. The molecule has 24 heavy (non-hydrogen) atoms. The normalized spacial score (nSPS) is 27.9. The van der Waals surface area contributed by atoms with Gasteiger partial charge in [0, 0.05) is 0 Å². The van der Waals surface area contributed by atoms with Crippen LogP contribution < -0.4 is 4.57 Å². The molecule has 132 valence electrons. The molecule has 2 aromatic rings. The lowest BCUT2D eigenvalue weighted by atomic mass is 10.1. The molecule has 0 spiro atoms. The highest BCUT2D eigenvalue weighted by molar-refractivity contribution is 7.46. The van der Waals surface area contributed by atoms with Crippen molar-refractivity contribution in [2.75, 3.05) is 6.61 Å². The third-order valence-electron chi connectivity index (χ3n) is 3.64. The monoisotopic (exact) mass is 381 g/mol. The number of rotatable bonds is 4. The smallest absolute Gasteiger partial charge is 0.387 e. The van der Waals surface area contributed by atoms with Gasteiger partial charge in [0.1, 0.15) is 24.6 Å². The van der Waals surface area contributed by atoms with Crippen LogP contribution in [0.5, 0.6) is 0 Å². The van der Waals surface area contributed by atoms with Crippen LogP contribution in [0, 0.1) is 0 Å². The van der Waals surface area contributed by atoms with Gasteiger partial charge in [-0.2, -0.15) is 0 Å². The Kier molecular flexibility index (Phi) is 4.62. The van der Waals surface area contributed by atoms with Gasteiger partial charge in [-0.3, -0.25) is 9.09 Å². The Bertz CT molecular complexity index is 811. The van der Waals surface area contributed by atoms with Gasteiger partial charge in [0.15, 0.2) is 11.7 Å². The zero-order chi connectivity index (χ0) is 17.6. The van der Waals surface area contributed by atoms with Crippen molar-refractivity contribution >= 4 is 30.6 Å². The van der Waals surface area contributed by atoms with E-state index >= 15 is 0 Å². The third kappa shape index (κ3) is 3.17. The minimum absolute atomic E-state index is 0.325. The fraction of sp³-hybridized carbons (Fsp3) is 0.545. The molecule has 0 aromatic carbocycles. The summed E-state index contributed by atoms with van der Waals surface area (Å²) in [4.78, 5) is 25.7. The average molecular weight is 382 g/mol. The Morgan fingerprint density at radius 3 is 2.79 bits per heavy atom. The van der Waals surface area contributed by atoms with Gasteiger partial charge in [-0.25, -0.2) is 14.1 Å². The molecule has 1 aliphatic heterocycles. The van der Waals surface area contributed by atoms with E-state index in [2.05, 4.69) is 14.5 Å². The molecule has 2 aromatic heterocycles. The maximum atomic E-state index is 10.8. The molecule has 0 bridgehead atoms. The number of aliphatic hydroxyl groups is 2. The van der Waals surface area contributed by atoms with Crippen molar-refractivity contribution in [3.63, 3.8) is 0 Å². The summed E-state index contributed by atoms with van der Waals surface area (Å²) in [5.41, 5.74) is 0.702. The number of hydrogen-bond acceptors (Lipinski definition) is 7. The lowest BCUT2D eigenvalue weighted by molar-refractivity contribution is -0.670. The van der Waals surface area contributed by atoms with Crippen LogP contribution in [0.4, 0.5) is 0 Å². The van der Waals surface area contributed by atoms with Crippen molar-refractivity contribution in [1.29, 1.82) is 0 Å². The molecule has 0 saturated carbocycles. The number of phosphoric ester groups is 1. The molecule has 0 unspecified atom stereocenters. The molecule has 11 nitrogen and oxygen atoms in total. The number of aromatic nitrogens is 4. The summed E-state index contributed by atoms with van der Waals surface area (Å²) < 4.78 is 23.5. The summed E-state index contributed by atoms with van der Waals surface area (Å²) >= 11 is 6.13. The van der Waals surface area contributed by atoms with E-state index < -0.39 is 39.0 Å². The first-order valence-electron chi connectivity index (χ1n) is 6.77. The van der Waals surface area contributed by atoms with E-state index in [1.807, 2.05) is 0 Å². The van der Waals surface area contributed by atoms with Gasteiger partial charge >= 0.3 is 7.82 Å². The number of halogens is 1. The van der Waals surface area contributed by atoms with Crippen LogP contribution in [0.25, 0.3) is 11.2 Å². The van der Waals surface area contributed by atoms with Crippen molar-refractivity contribution in [3.8, 4) is 0 Å². The molecule has 3 heterocycles. The Labute approximate surface area is 140 Å². The highest BCUT2D eigenvalue weighted by Crippen LogP contribution is 2.38. The molecule has 0 aliphatic carbocycles. The SMILES string of the molecule is C[n+]1cnc2c(ncn2[C@@H]2O[C@H](COP(=O)(O)O)[C@@H](O)[C@H]2O)c1Cl. The first-order chi connectivity index (χ1) is 11.2. The minimum atomic E-state index is -4.72. The molecule has 3 rings (SSSR count). The second kappa shape index (κ2) is 6.28. The van der Waals surface area contributed by atoms with E-state index in [1.165, 1.54) is 17.2 Å². The fourth-order valence-corrected chi connectivity index (χ4v) is 2.96. The second-order valence-corrected chi connectivity index (χ2v) is 6.90. The average Bonchev–Trinajstić information content (AvgIpc) is 3.04. The Morgan fingerprint density at radius 2 is 2.12 bits per heavy atom. The molecule has 1 fully saturated rings. The van der Waals surface area contributed by atoms with Gasteiger partial charge in [-0.15, -0.1) is 0 Å². The van der Waals surface area contributed by atoms with Crippen molar-refractivity contribution < 1.29 is 38.4 Å². The number of fused-ring (bicyclic) bond motifs is 1. The maximum Gasteiger partial charge on any atom is 0.469 e. The van der Waals surface area contributed by atoms with E-state index in [0.717, 1.165) is 0 Å². The molecule has 4 atom stereocenters. The van der Waals surface area contributed by atoms with Crippen LogP contribution in [-0.4, -0.2) is 59.5 Å². The topological polar surface area (TPSA) is 151 Å². The number of phosphoric acid groups is 1. The zero-order valence-electron chi connectivity index (χ0n) is 12.3. The number of hydrogen-bond donors (Lipinski definition) is 4. The summed E-state index contributed by atoms with van der Waals surface area (Å²) in [6.07, 6.45) is -2.18. The molecule has 1 saturated heterocycles. The molecular formula is C11H15ClN4O7P+. The van der Waals surface area contributed by atoms with Crippen LogP contribution in [0.15, 0.2) is 12.7 Å². The van der Waals surface area contributed by atoms with Crippen molar-refractivity contribution in [2.24, 2.45) is 7.05 Å². The van der Waals surface area contributed by atoms with E-state index in [0.29, 0.717) is 16.3 Å². The Balaban J connectivity index is 1.88. The summed E-state index contributed by atoms with van der Waals surface area (Å²) in [6, 6.07) is 0. The van der Waals surface area contributed by atoms with E-state index in [9.17, 15) is 14.8 Å². The molecule has 1 aliphatic rings. The fourth-order valence-electron chi connectivity index (χ4n) is 2.44. The first kappa shape index (κ1) is 17.6. The maximum absolute atomic E-state index is 10.8. The number of aliphatic hydroxyl groups excluding tert-OH is 2. The van der Waals surface area contributed by atoms with Gasteiger partial charge in [0.05, 0.1) is 13.7 Å². The summed E-state index contributed by atoms with van der Waals surface area (Å²) in [5.74, 6) is 0. The molecule has 13 heteroatoms. The lowest BCUT2D eigenvalue weighted by Crippen LogP contribution is -2.33. The number of aryl methyl sites for hydroxylation is 1. The Morgan fingerprint density at radius 1 is 1.42 bits per heavy atom. The van der Waals surface area contributed by atoms with Gasteiger partial charge in [0.25, 0.3) is 12.0 Å². The predicted molar refractivity (Wildman–Crippen MR) is 77.6 cm³/mol. The van der Waals surface area contributed by atoms with Crippen molar-refractivity contribution in [2.45, 2.75) is 24.5 Å². The van der Waals surface area contributed by atoms with Crippen LogP contribution in [-0.2, 0) is 20.9 Å². The number of imidazole rings is 1. The highest BCUT2D eigenvalue weighted by Gasteiger charge is 2.45. The van der Waals surface area contributed by atoms with Crippen molar-refractivity contribution in [1.82, 2.24) is 14.5 Å². The van der Waals surface area contributed by atoms with E-state index in [-0.39, 0.29) is 0 Å². The number of nitrogens with zero attached hydrogens (tertiary/aromatic N) is 4. The first-order valence-corrected chi connectivity index (χ1v) is 8.68. The standard InChI is InChI=1S/C11H14ClN4O7P/c1-15-3-14-10-6(9(15)12)13-4-16(10)11-8(18)7(17)5(23-11)2-22-24(19,20)21/h3-5,7-8,11,17-18H,2H2,1H3,(H-,19,20,21)/p+1/t5-,7-,8-,11-/m1/s1. The van der Waals surface area contributed by atoms with Gasteiger partial charge in [0.2, 0.25) is 5.15 Å². The summed E-state index contributed by atoms with van der Waals surface area (Å²) in [5, 5.41) is 20.5. The zero-order valence-corrected chi connectivity index (χ0v) is 13.9. The number of ether oxygens (including phenoxy) is 1. The van der Waals surface area contributed by atoms with Crippen molar-refractivity contribution in [3.05, 3.63) is 17.8 Å². The largest absolute Gasteiger partial charge is 0.469 e. The summed E-state index contributed by atoms with van der Waals surface area (Å²) in [6.45, 7) is -0.589. The Hall–Kier alpha value is -1.17. The van der Waals surface area contributed by atoms with Crippen LogP contribution in [0.1, 0.15) is 6.23 Å².